The molecule has 0 aliphatic rings. The van der Waals surface area contributed by atoms with Crippen molar-refractivity contribution in [3.63, 3.8) is 0 Å². The van der Waals surface area contributed by atoms with Crippen LogP contribution < -0.4 is 0 Å². The molecule has 0 atom stereocenters. The van der Waals surface area contributed by atoms with E-state index in [0.29, 0.717) is 0 Å². The number of hydrogen-bond acceptors (Lipinski definition) is 3. The predicted molar refractivity (Wildman–Crippen MR) is 34.8 cm³/mol. The van der Waals surface area contributed by atoms with Crippen LogP contribution in [-0.4, -0.2) is 10.0 Å². The molecule has 11 heavy (non-hydrogen) atoms. The predicted octanol–water partition coefficient (Wildman–Crippen LogP) is 1.30. The van der Waals surface area contributed by atoms with E-state index in [2.05, 4.69) is 0 Å². The second-order valence-electron chi connectivity index (χ2n) is 1.77. The smallest absolute Gasteiger partial charge is 0.269 e. The maximum Gasteiger partial charge on any atom is 0.269 e. The molecule has 0 spiro atoms. The van der Waals surface area contributed by atoms with E-state index in [0.717, 1.165) is 0 Å². The SMILES string of the molecule is O=[N+]([O-])c1ccc(O)cc1.[Hg]. The van der Waals surface area contributed by atoms with Gasteiger partial charge in [0.25, 0.3) is 5.69 Å². The molecule has 4 nitrogen and oxygen atoms in total. The molecule has 1 rings (SSSR count). The van der Waals surface area contributed by atoms with Gasteiger partial charge in [-0.3, -0.25) is 10.1 Å². The summed E-state index contributed by atoms with van der Waals surface area (Å²) in [6.07, 6.45) is 0. The molecule has 1 aromatic rings. The Kier molecular flexibility index (Phi) is 4.03. The molecule has 0 bridgehead atoms. The molecule has 0 aliphatic heterocycles. The average molecular weight is 340 g/mol. The third-order valence-electron chi connectivity index (χ3n) is 1.06. The minimum atomic E-state index is -0.514. The summed E-state index contributed by atoms with van der Waals surface area (Å²) >= 11 is 0. The summed E-state index contributed by atoms with van der Waals surface area (Å²) in [7, 11) is 0. The van der Waals surface area contributed by atoms with E-state index in [1.54, 1.807) is 0 Å². The number of phenolic OH excluding ortho intramolecular Hbond substituents is 1. The fraction of sp³-hybridized carbons (Fsp3) is 0. The van der Waals surface area contributed by atoms with Gasteiger partial charge in [-0.05, 0) is 12.1 Å². The Bertz CT molecular complexity index is 247. The van der Waals surface area contributed by atoms with E-state index in [-0.39, 0.29) is 39.1 Å². The minimum Gasteiger partial charge on any atom is -0.508 e. The summed E-state index contributed by atoms with van der Waals surface area (Å²) in [5, 5.41) is 18.8. The summed E-state index contributed by atoms with van der Waals surface area (Å²) in [4.78, 5) is 9.52. The molecule has 5 heteroatoms. The van der Waals surface area contributed by atoms with Crippen LogP contribution in [0.5, 0.6) is 5.75 Å². The summed E-state index contributed by atoms with van der Waals surface area (Å²) in [5.41, 5.74) is -0.0159. The van der Waals surface area contributed by atoms with Gasteiger partial charge in [0.1, 0.15) is 5.75 Å². The molecule has 0 fully saturated rings. The molecule has 0 radical (unpaired) electrons. The number of nitro groups is 1. The summed E-state index contributed by atoms with van der Waals surface area (Å²) in [5.74, 6) is 0.0330. The van der Waals surface area contributed by atoms with Crippen LogP contribution in [0.25, 0.3) is 0 Å². The zero-order chi connectivity index (χ0) is 7.56. The van der Waals surface area contributed by atoms with Gasteiger partial charge >= 0.3 is 0 Å². The number of aromatic hydroxyl groups is 1. The van der Waals surface area contributed by atoms with Crippen molar-refractivity contribution in [1.29, 1.82) is 0 Å². The molecule has 0 aliphatic carbocycles. The van der Waals surface area contributed by atoms with Gasteiger partial charge in [0, 0.05) is 39.8 Å². The quantitative estimate of drug-likeness (QED) is 0.476. The number of hydrogen-bond donors (Lipinski definition) is 1. The summed E-state index contributed by atoms with van der Waals surface area (Å²) in [6.45, 7) is 0. The Morgan fingerprint density at radius 1 is 1.27 bits per heavy atom. The van der Waals surface area contributed by atoms with Crippen LogP contribution >= 0.6 is 0 Å². The van der Waals surface area contributed by atoms with Crippen LogP contribution in [0.15, 0.2) is 24.3 Å². The van der Waals surface area contributed by atoms with Crippen LogP contribution in [0.1, 0.15) is 0 Å². The first-order chi connectivity index (χ1) is 4.70. The fourth-order valence-corrected chi connectivity index (χ4v) is 0.574. The number of nitrogens with zero attached hydrogens (tertiary/aromatic N) is 1. The zero-order valence-electron chi connectivity index (χ0n) is 5.73. The van der Waals surface area contributed by atoms with Crippen molar-refractivity contribution in [2.75, 3.05) is 0 Å². The third kappa shape index (κ3) is 2.84. The van der Waals surface area contributed by atoms with E-state index in [4.69, 9.17) is 5.11 Å². The van der Waals surface area contributed by atoms with Gasteiger partial charge in [-0.15, -0.1) is 0 Å². The molecule has 1 aromatic carbocycles. The van der Waals surface area contributed by atoms with Crippen molar-refractivity contribution in [3.8, 4) is 5.75 Å². The first kappa shape index (κ1) is 10.4. The summed E-state index contributed by atoms with van der Waals surface area (Å²) in [6, 6.07) is 5.04. The van der Waals surface area contributed by atoms with Crippen LogP contribution in [0, 0.1) is 10.1 Å². The third-order valence-corrected chi connectivity index (χ3v) is 1.06. The molecular formula is C6H5HgNO3. The summed E-state index contributed by atoms with van der Waals surface area (Å²) < 4.78 is 0. The number of rotatable bonds is 1. The molecule has 0 unspecified atom stereocenters. The van der Waals surface area contributed by atoms with Crippen LogP contribution in [0.3, 0.4) is 0 Å². The van der Waals surface area contributed by atoms with Gasteiger partial charge in [-0.1, -0.05) is 0 Å². The van der Waals surface area contributed by atoms with Crippen LogP contribution in [-0.2, 0) is 27.7 Å². The van der Waals surface area contributed by atoms with E-state index < -0.39 is 4.92 Å². The van der Waals surface area contributed by atoms with Gasteiger partial charge in [-0.25, -0.2) is 0 Å². The Morgan fingerprint density at radius 2 is 1.73 bits per heavy atom. The van der Waals surface area contributed by atoms with Gasteiger partial charge in [0.2, 0.25) is 0 Å². The van der Waals surface area contributed by atoms with Crippen LogP contribution in [0.4, 0.5) is 5.69 Å². The molecule has 0 saturated carbocycles. The molecule has 0 amide bonds. The number of phenols is 1. The monoisotopic (exact) mass is 341 g/mol. The molecule has 0 heterocycles. The standard InChI is InChI=1S/C6H5NO3.Hg/c8-6-3-1-5(2-4-6)7(9)10;/h1-4,8H;. The Morgan fingerprint density at radius 3 is 2.09 bits per heavy atom. The molecule has 1 N–H and O–H groups in total. The largest absolute Gasteiger partial charge is 0.508 e. The normalized spacial score (nSPS) is 8.36. The van der Waals surface area contributed by atoms with E-state index in [9.17, 15) is 10.1 Å². The average Bonchev–Trinajstić information content (AvgIpc) is 1.88. The molecular weight excluding hydrogens is 335 g/mol. The Hall–Kier alpha value is -0.645. The molecule has 0 aromatic heterocycles. The topological polar surface area (TPSA) is 63.4 Å². The van der Waals surface area contributed by atoms with Gasteiger partial charge < -0.3 is 5.11 Å². The van der Waals surface area contributed by atoms with Crippen LogP contribution in [0.2, 0.25) is 0 Å². The van der Waals surface area contributed by atoms with Crippen molar-refractivity contribution < 1.29 is 37.7 Å². The first-order valence-electron chi connectivity index (χ1n) is 2.63. The van der Waals surface area contributed by atoms with Gasteiger partial charge in [0.05, 0.1) is 4.92 Å². The van der Waals surface area contributed by atoms with Crippen molar-refractivity contribution in [2.45, 2.75) is 0 Å². The number of non-ortho nitro benzene ring substituents is 1. The first-order valence-corrected chi connectivity index (χ1v) is 2.63. The van der Waals surface area contributed by atoms with E-state index in [1.807, 2.05) is 0 Å². The minimum absolute atomic E-state index is 0. The van der Waals surface area contributed by atoms with E-state index in [1.165, 1.54) is 24.3 Å². The van der Waals surface area contributed by atoms with E-state index >= 15 is 0 Å². The molecule has 54 valence electrons. The molecule has 0 saturated heterocycles. The van der Waals surface area contributed by atoms with Gasteiger partial charge in [-0.2, -0.15) is 0 Å². The van der Waals surface area contributed by atoms with Gasteiger partial charge in [0.15, 0.2) is 0 Å². The number of benzene rings is 1. The fourth-order valence-electron chi connectivity index (χ4n) is 0.574. The number of nitro benzene ring substituents is 1. The van der Waals surface area contributed by atoms with Crippen molar-refractivity contribution in [3.05, 3.63) is 34.4 Å². The van der Waals surface area contributed by atoms with Crippen molar-refractivity contribution >= 4 is 5.69 Å². The maximum atomic E-state index is 10.0. The second-order valence-corrected chi connectivity index (χ2v) is 1.77. The Labute approximate surface area is 83.5 Å². The zero-order valence-corrected chi connectivity index (χ0v) is 11.2. The second kappa shape index (κ2) is 4.28. The van der Waals surface area contributed by atoms with Crippen molar-refractivity contribution in [1.82, 2.24) is 0 Å². The van der Waals surface area contributed by atoms with Crippen molar-refractivity contribution in [2.24, 2.45) is 0 Å². The maximum absolute atomic E-state index is 10.0. The Balaban J connectivity index is 0.000001000.